The van der Waals surface area contributed by atoms with Gasteiger partial charge < -0.3 is 4.90 Å². The topological polar surface area (TPSA) is 20.3 Å². The highest BCUT2D eigenvalue weighted by molar-refractivity contribution is 8.01. The summed E-state index contributed by atoms with van der Waals surface area (Å²) in [6.45, 7) is 1.86. The number of alkyl halides is 2. The van der Waals surface area contributed by atoms with Crippen molar-refractivity contribution < 1.29 is 13.6 Å². The summed E-state index contributed by atoms with van der Waals surface area (Å²) in [5.74, 6) is -0.110. The number of halogens is 2. The standard InChI is InChI=1S/C17H23F2NOS/c1-2-12-20(13-15(18)19)16(21)17(10-6-7-11-17)22-14-8-4-3-5-9-14/h3-5,8-9,15H,2,6-7,10-13H2,1H3. The Balaban J connectivity index is 2.19. The second-order valence-electron chi connectivity index (χ2n) is 5.76. The lowest BCUT2D eigenvalue weighted by molar-refractivity contribution is -0.135. The fourth-order valence-corrected chi connectivity index (χ4v) is 4.47. The first-order valence-corrected chi connectivity index (χ1v) is 8.70. The van der Waals surface area contributed by atoms with Crippen LogP contribution in [-0.4, -0.2) is 35.1 Å². The van der Waals surface area contributed by atoms with Crippen LogP contribution in [0.1, 0.15) is 39.0 Å². The molecule has 1 aromatic carbocycles. The van der Waals surface area contributed by atoms with Crippen molar-refractivity contribution in [3.05, 3.63) is 30.3 Å². The Bertz CT molecular complexity index is 475. The number of rotatable bonds is 7. The zero-order valence-electron chi connectivity index (χ0n) is 12.9. The Morgan fingerprint density at radius 2 is 1.91 bits per heavy atom. The fourth-order valence-electron chi connectivity index (χ4n) is 3.02. The lowest BCUT2D eigenvalue weighted by Gasteiger charge is -2.34. The van der Waals surface area contributed by atoms with Gasteiger partial charge in [-0.25, -0.2) is 8.78 Å². The maximum absolute atomic E-state index is 13.0. The van der Waals surface area contributed by atoms with Gasteiger partial charge in [0.1, 0.15) is 0 Å². The third-order valence-corrected chi connectivity index (χ3v) is 5.48. The van der Waals surface area contributed by atoms with Crippen LogP contribution >= 0.6 is 11.8 Å². The second kappa shape index (κ2) is 7.95. The van der Waals surface area contributed by atoms with E-state index in [9.17, 15) is 13.6 Å². The van der Waals surface area contributed by atoms with Gasteiger partial charge in [-0.3, -0.25) is 4.79 Å². The van der Waals surface area contributed by atoms with Gasteiger partial charge in [-0.05, 0) is 31.4 Å². The van der Waals surface area contributed by atoms with Crippen LogP contribution in [0.25, 0.3) is 0 Å². The number of carbonyl (C=O) groups excluding carboxylic acids is 1. The molecule has 1 aliphatic rings. The van der Waals surface area contributed by atoms with E-state index in [1.165, 1.54) is 4.90 Å². The van der Waals surface area contributed by atoms with Gasteiger partial charge >= 0.3 is 0 Å². The first-order chi connectivity index (χ1) is 10.6. The van der Waals surface area contributed by atoms with Crippen LogP contribution < -0.4 is 0 Å². The van der Waals surface area contributed by atoms with Crippen LogP contribution in [-0.2, 0) is 4.79 Å². The van der Waals surface area contributed by atoms with Crippen molar-refractivity contribution >= 4 is 17.7 Å². The fraction of sp³-hybridized carbons (Fsp3) is 0.588. The van der Waals surface area contributed by atoms with Crippen molar-refractivity contribution in [1.29, 1.82) is 0 Å². The minimum absolute atomic E-state index is 0.110. The zero-order valence-corrected chi connectivity index (χ0v) is 13.7. The average molecular weight is 327 g/mol. The maximum Gasteiger partial charge on any atom is 0.255 e. The summed E-state index contributed by atoms with van der Waals surface area (Å²) in [6.07, 6.45) is 1.74. The Morgan fingerprint density at radius 1 is 1.27 bits per heavy atom. The van der Waals surface area contributed by atoms with E-state index in [0.717, 1.165) is 30.6 Å². The van der Waals surface area contributed by atoms with Gasteiger partial charge in [-0.2, -0.15) is 0 Å². The van der Waals surface area contributed by atoms with Crippen LogP contribution in [0.15, 0.2) is 35.2 Å². The largest absolute Gasteiger partial charge is 0.336 e. The van der Waals surface area contributed by atoms with Crippen molar-refractivity contribution in [2.45, 2.75) is 55.1 Å². The van der Waals surface area contributed by atoms with Gasteiger partial charge in [0.15, 0.2) is 0 Å². The number of thioether (sulfide) groups is 1. The number of amides is 1. The van der Waals surface area contributed by atoms with Gasteiger partial charge in [0.25, 0.3) is 6.43 Å². The summed E-state index contributed by atoms with van der Waals surface area (Å²) in [6, 6.07) is 9.79. The molecule has 22 heavy (non-hydrogen) atoms. The first kappa shape index (κ1) is 17.3. The summed E-state index contributed by atoms with van der Waals surface area (Å²) in [7, 11) is 0. The Hall–Kier alpha value is -1.10. The van der Waals surface area contributed by atoms with E-state index in [1.54, 1.807) is 11.8 Å². The molecule has 0 N–H and O–H groups in total. The number of carbonyl (C=O) groups is 1. The molecule has 0 aromatic heterocycles. The molecule has 1 aromatic rings. The van der Waals surface area contributed by atoms with Gasteiger partial charge in [-0.15, -0.1) is 11.8 Å². The molecule has 5 heteroatoms. The molecule has 1 saturated carbocycles. The molecule has 0 bridgehead atoms. The monoisotopic (exact) mass is 327 g/mol. The lowest BCUT2D eigenvalue weighted by Crippen LogP contribution is -2.47. The minimum Gasteiger partial charge on any atom is -0.336 e. The van der Waals surface area contributed by atoms with Gasteiger partial charge in [0.2, 0.25) is 5.91 Å². The van der Waals surface area contributed by atoms with E-state index in [1.807, 2.05) is 37.3 Å². The molecule has 2 nitrogen and oxygen atoms in total. The smallest absolute Gasteiger partial charge is 0.255 e. The molecule has 0 aliphatic heterocycles. The number of nitrogens with zero attached hydrogens (tertiary/aromatic N) is 1. The molecule has 2 rings (SSSR count). The highest BCUT2D eigenvalue weighted by atomic mass is 32.2. The molecule has 0 heterocycles. The van der Waals surface area contributed by atoms with E-state index >= 15 is 0 Å². The van der Waals surface area contributed by atoms with Gasteiger partial charge in [0.05, 0.1) is 11.3 Å². The Labute approximate surface area is 135 Å². The second-order valence-corrected chi connectivity index (χ2v) is 7.22. The van der Waals surface area contributed by atoms with Crippen LogP contribution in [0.4, 0.5) is 8.78 Å². The molecule has 1 aliphatic carbocycles. The highest BCUT2D eigenvalue weighted by Gasteiger charge is 2.44. The summed E-state index contributed by atoms with van der Waals surface area (Å²) in [4.78, 5) is 15.4. The molecule has 1 amide bonds. The van der Waals surface area contributed by atoms with E-state index < -0.39 is 17.7 Å². The molecular formula is C17H23F2NOS. The van der Waals surface area contributed by atoms with E-state index in [-0.39, 0.29) is 5.91 Å². The molecule has 0 atom stereocenters. The SMILES string of the molecule is CCCN(CC(F)F)C(=O)C1(Sc2ccccc2)CCCC1. The summed E-state index contributed by atoms with van der Waals surface area (Å²) in [5, 5.41) is 0. The summed E-state index contributed by atoms with van der Waals surface area (Å²) in [5.41, 5.74) is 0. The number of benzene rings is 1. The predicted molar refractivity (Wildman–Crippen MR) is 86.4 cm³/mol. The minimum atomic E-state index is -2.48. The van der Waals surface area contributed by atoms with Crippen molar-refractivity contribution in [3.8, 4) is 0 Å². The Kier molecular flexibility index (Phi) is 6.24. The average Bonchev–Trinajstić information content (AvgIpc) is 2.96. The number of hydrogen-bond donors (Lipinski definition) is 0. The Morgan fingerprint density at radius 3 is 2.45 bits per heavy atom. The molecule has 0 spiro atoms. The van der Waals surface area contributed by atoms with Crippen molar-refractivity contribution in [2.24, 2.45) is 0 Å². The van der Waals surface area contributed by atoms with Crippen LogP contribution in [0.5, 0.6) is 0 Å². The molecule has 122 valence electrons. The molecule has 0 unspecified atom stereocenters. The van der Waals surface area contributed by atoms with Gasteiger partial charge in [-0.1, -0.05) is 38.0 Å². The zero-order chi connectivity index (χ0) is 16.0. The third kappa shape index (κ3) is 4.22. The predicted octanol–water partition coefficient (Wildman–Crippen LogP) is 4.60. The molecule has 1 fully saturated rings. The van der Waals surface area contributed by atoms with Gasteiger partial charge in [0, 0.05) is 11.4 Å². The summed E-state index contributed by atoms with van der Waals surface area (Å²) >= 11 is 1.55. The van der Waals surface area contributed by atoms with Crippen LogP contribution in [0, 0.1) is 0 Å². The molecule has 0 radical (unpaired) electrons. The maximum atomic E-state index is 13.0. The lowest BCUT2D eigenvalue weighted by atomic mass is 10.1. The van der Waals surface area contributed by atoms with E-state index in [0.29, 0.717) is 13.0 Å². The number of hydrogen-bond acceptors (Lipinski definition) is 2. The normalized spacial score (nSPS) is 16.9. The third-order valence-electron chi connectivity index (χ3n) is 4.00. The quantitative estimate of drug-likeness (QED) is 0.730. The van der Waals surface area contributed by atoms with E-state index in [2.05, 4.69) is 0 Å². The highest BCUT2D eigenvalue weighted by Crippen LogP contribution is 2.46. The first-order valence-electron chi connectivity index (χ1n) is 7.89. The summed E-state index contributed by atoms with van der Waals surface area (Å²) < 4.78 is 25.0. The van der Waals surface area contributed by atoms with Crippen LogP contribution in [0.3, 0.4) is 0 Å². The molecule has 0 saturated heterocycles. The van der Waals surface area contributed by atoms with Crippen molar-refractivity contribution in [3.63, 3.8) is 0 Å². The van der Waals surface area contributed by atoms with Crippen LogP contribution in [0.2, 0.25) is 0 Å². The van der Waals surface area contributed by atoms with Crippen molar-refractivity contribution in [1.82, 2.24) is 4.90 Å². The van der Waals surface area contributed by atoms with Crippen molar-refractivity contribution in [2.75, 3.05) is 13.1 Å². The van der Waals surface area contributed by atoms with E-state index in [4.69, 9.17) is 0 Å². The molecular weight excluding hydrogens is 304 g/mol.